The summed E-state index contributed by atoms with van der Waals surface area (Å²) in [5, 5.41) is 14.5. The number of anilines is 1. The Morgan fingerprint density at radius 3 is 2.86 bits per heavy atom. The molecule has 7 nitrogen and oxygen atoms in total. The van der Waals surface area contributed by atoms with Gasteiger partial charge in [0.25, 0.3) is 5.91 Å². The number of nitriles is 1. The quantitative estimate of drug-likeness (QED) is 0.602. The Balaban J connectivity index is 1.76. The number of nitrogens with zero attached hydrogens (tertiary/aromatic N) is 1. The second-order valence-corrected chi connectivity index (χ2v) is 6.77. The first kappa shape index (κ1) is 19.6. The summed E-state index contributed by atoms with van der Waals surface area (Å²) in [5.74, 6) is -1.27. The molecule has 3 aromatic rings. The zero-order valence-corrected chi connectivity index (χ0v) is 16.2. The van der Waals surface area contributed by atoms with Crippen LogP contribution in [0.25, 0.3) is 11.0 Å². The molecule has 0 radical (unpaired) electrons. The third-order valence-electron chi connectivity index (χ3n) is 4.01. The molecule has 28 heavy (non-hydrogen) atoms. The minimum Gasteiger partial charge on any atom is -0.449 e. The van der Waals surface area contributed by atoms with Crippen LogP contribution < -0.4 is 5.32 Å². The van der Waals surface area contributed by atoms with Crippen molar-refractivity contribution in [2.75, 3.05) is 11.9 Å². The number of hydrogen-bond acceptors (Lipinski definition) is 7. The molecule has 144 valence electrons. The van der Waals surface area contributed by atoms with Crippen molar-refractivity contribution in [1.82, 2.24) is 0 Å². The zero-order valence-electron chi connectivity index (χ0n) is 15.4. The van der Waals surface area contributed by atoms with Crippen LogP contribution in [0.1, 0.15) is 35.5 Å². The van der Waals surface area contributed by atoms with Gasteiger partial charge < -0.3 is 19.2 Å². The van der Waals surface area contributed by atoms with Crippen LogP contribution in [0.15, 0.2) is 40.1 Å². The molecule has 1 N–H and O–H groups in total. The van der Waals surface area contributed by atoms with Crippen LogP contribution in [0.3, 0.4) is 0 Å². The Labute approximate surface area is 165 Å². The van der Waals surface area contributed by atoms with Crippen molar-refractivity contribution in [3.05, 3.63) is 52.6 Å². The molecule has 0 aliphatic heterocycles. The van der Waals surface area contributed by atoms with E-state index in [4.69, 9.17) is 19.2 Å². The molecule has 1 amide bonds. The van der Waals surface area contributed by atoms with Gasteiger partial charge in [0, 0.05) is 17.6 Å². The molecule has 0 spiro atoms. The molecule has 2 aromatic heterocycles. The number of rotatable bonds is 7. The van der Waals surface area contributed by atoms with Crippen LogP contribution in [0.5, 0.6) is 0 Å². The predicted octanol–water partition coefficient (Wildman–Crippen LogP) is 4.09. The summed E-state index contributed by atoms with van der Waals surface area (Å²) in [4.78, 5) is 25.0. The highest BCUT2D eigenvalue weighted by molar-refractivity contribution is 7.14. The maximum Gasteiger partial charge on any atom is 0.375 e. The third kappa shape index (κ3) is 4.06. The minimum absolute atomic E-state index is 0.0168. The molecule has 0 aliphatic carbocycles. The summed E-state index contributed by atoms with van der Waals surface area (Å²) < 4.78 is 16.4. The Hall–Kier alpha value is -3.15. The first-order chi connectivity index (χ1) is 13.5. The molecule has 0 bridgehead atoms. The van der Waals surface area contributed by atoms with Gasteiger partial charge in [0.05, 0.1) is 12.2 Å². The van der Waals surface area contributed by atoms with E-state index in [-0.39, 0.29) is 12.4 Å². The van der Waals surface area contributed by atoms with Crippen molar-refractivity contribution in [3.63, 3.8) is 0 Å². The molecule has 0 fully saturated rings. The van der Waals surface area contributed by atoms with E-state index in [1.165, 1.54) is 18.3 Å². The lowest BCUT2D eigenvalue weighted by atomic mass is 10.1. The molecule has 0 saturated heterocycles. The molecule has 1 aromatic carbocycles. The zero-order chi connectivity index (χ0) is 20.1. The highest BCUT2D eigenvalue weighted by Gasteiger charge is 2.26. The number of amides is 1. The van der Waals surface area contributed by atoms with Crippen molar-refractivity contribution in [2.45, 2.75) is 26.6 Å². The van der Waals surface area contributed by atoms with Gasteiger partial charge in [-0.15, -0.1) is 11.3 Å². The Morgan fingerprint density at radius 2 is 2.11 bits per heavy atom. The second kappa shape index (κ2) is 8.69. The van der Waals surface area contributed by atoms with E-state index in [0.717, 1.165) is 5.39 Å². The van der Waals surface area contributed by atoms with Gasteiger partial charge in [-0.05, 0) is 31.4 Å². The van der Waals surface area contributed by atoms with Gasteiger partial charge >= 0.3 is 5.97 Å². The molecule has 8 heteroatoms. The number of carbonyl (C=O) groups excluding carboxylic acids is 2. The van der Waals surface area contributed by atoms with Gasteiger partial charge in [0.1, 0.15) is 16.7 Å². The Kier molecular flexibility index (Phi) is 6.09. The molecule has 2 heterocycles. The van der Waals surface area contributed by atoms with Gasteiger partial charge in [-0.25, -0.2) is 4.79 Å². The van der Waals surface area contributed by atoms with E-state index in [0.29, 0.717) is 28.3 Å². The summed E-state index contributed by atoms with van der Waals surface area (Å²) in [6.07, 6.45) is -1.07. The minimum atomic E-state index is -1.07. The van der Waals surface area contributed by atoms with Gasteiger partial charge in [-0.3, -0.25) is 4.79 Å². The van der Waals surface area contributed by atoms with E-state index < -0.39 is 18.0 Å². The number of hydrogen-bond donors (Lipinski definition) is 1. The number of esters is 1. The van der Waals surface area contributed by atoms with Crippen molar-refractivity contribution in [2.24, 2.45) is 0 Å². The van der Waals surface area contributed by atoms with Crippen LogP contribution in [-0.2, 0) is 20.9 Å². The number of para-hydroxylation sites is 1. The van der Waals surface area contributed by atoms with Crippen molar-refractivity contribution >= 4 is 39.2 Å². The van der Waals surface area contributed by atoms with E-state index in [9.17, 15) is 9.59 Å². The Bertz CT molecular complexity index is 1050. The largest absolute Gasteiger partial charge is 0.449 e. The molecular formula is C20H18N2O5S. The molecule has 0 saturated carbocycles. The number of benzene rings is 1. The fourth-order valence-corrected chi connectivity index (χ4v) is 3.33. The monoisotopic (exact) mass is 398 g/mol. The third-order valence-corrected chi connectivity index (χ3v) is 4.84. The Morgan fingerprint density at radius 1 is 1.32 bits per heavy atom. The van der Waals surface area contributed by atoms with Crippen LogP contribution in [-0.4, -0.2) is 24.6 Å². The average Bonchev–Trinajstić information content (AvgIpc) is 3.30. The number of carbonyl (C=O) groups is 2. The SMILES string of the molecule is CCOCc1c(C(=O)O[C@@H](C)C(=O)Nc2sccc2C#N)oc2ccccc12. The molecule has 3 rings (SSSR count). The van der Waals surface area contributed by atoms with Crippen LogP contribution in [0.4, 0.5) is 5.00 Å². The number of nitrogens with one attached hydrogen (secondary N) is 1. The smallest absolute Gasteiger partial charge is 0.375 e. The average molecular weight is 398 g/mol. The van der Waals surface area contributed by atoms with Crippen molar-refractivity contribution < 1.29 is 23.5 Å². The molecular weight excluding hydrogens is 380 g/mol. The van der Waals surface area contributed by atoms with E-state index in [2.05, 4.69) is 5.32 Å². The summed E-state index contributed by atoms with van der Waals surface area (Å²) in [6.45, 7) is 3.98. The van der Waals surface area contributed by atoms with Crippen LogP contribution in [0, 0.1) is 11.3 Å². The highest BCUT2D eigenvalue weighted by Crippen LogP contribution is 2.28. The van der Waals surface area contributed by atoms with E-state index >= 15 is 0 Å². The lowest BCUT2D eigenvalue weighted by Crippen LogP contribution is -2.30. The van der Waals surface area contributed by atoms with Gasteiger partial charge in [0.15, 0.2) is 6.10 Å². The summed E-state index contributed by atoms with van der Waals surface area (Å²) in [7, 11) is 0. The van der Waals surface area contributed by atoms with Crippen molar-refractivity contribution in [3.8, 4) is 6.07 Å². The van der Waals surface area contributed by atoms with Gasteiger partial charge in [0.2, 0.25) is 5.76 Å². The second-order valence-electron chi connectivity index (χ2n) is 5.86. The summed E-state index contributed by atoms with van der Waals surface area (Å²) in [6, 6.07) is 10.8. The fourth-order valence-electron chi connectivity index (χ4n) is 2.59. The molecule has 1 atom stereocenters. The van der Waals surface area contributed by atoms with Gasteiger partial charge in [-0.2, -0.15) is 5.26 Å². The highest BCUT2D eigenvalue weighted by atomic mass is 32.1. The summed E-state index contributed by atoms with van der Waals surface area (Å²) >= 11 is 1.22. The normalized spacial score (nSPS) is 11.8. The molecule has 0 unspecified atom stereocenters. The van der Waals surface area contributed by atoms with Gasteiger partial charge in [-0.1, -0.05) is 18.2 Å². The lowest BCUT2D eigenvalue weighted by Gasteiger charge is -2.12. The van der Waals surface area contributed by atoms with Crippen LogP contribution >= 0.6 is 11.3 Å². The van der Waals surface area contributed by atoms with E-state index in [1.807, 2.05) is 25.1 Å². The maximum atomic E-state index is 12.6. The number of ether oxygens (including phenoxy) is 2. The van der Waals surface area contributed by atoms with E-state index in [1.54, 1.807) is 23.6 Å². The number of thiophene rings is 1. The fraction of sp³-hybridized carbons (Fsp3) is 0.250. The molecule has 0 aliphatic rings. The first-order valence-corrected chi connectivity index (χ1v) is 9.50. The summed E-state index contributed by atoms with van der Waals surface area (Å²) in [5.41, 5.74) is 1.48. The maximum absolute atomic E-state index is 12.6. The lowest BCUT2D eigenvalue weighted by molar-refractivity contribution is -0.123. The van der Waals surface area contributed by atoms with Crippen LogP contribution in [0.2, 0.25) is 0 Å². The van der Waals surface area contributed by atoms with Crippen molar-refractivity contribution in [1.29, 1.82) is 5.26 Å². The standard InChI is InChI=1S/C20H18N2O5S/c1-3-25-11-15-14-6-4-5-7-16(14)27-17(15)20(24)26-12(2)18(23)22-19-13(10-21)8-9-28-19/h4-9,12H,3,11H2,1-2H3,(H,22,23)/t12-/m0/s1. The number of fused-ring (bicyclic) bond motifs is 1. The number of furan rings is 1. The first-order valence-electron chi connectivity index (χ1n) is 8.62. The topological polar surface area (TPSA) is 102 Å². The predicted molar refractivity (Wildman–Crippen MR) is 104 cm³/mol.